The maximum Gasteiger partial charge on any atom is 0.345 e. The standard InChI is InChI=1S/C16H17NO5S/c1-21-12-4-3-5-13(22-2)11(12)8-15(18)17-9-10-6-7-14(23-10)16(19)20/h3-7H,8-9H2,1-2H3,(H,17,18)(H,19,20). The lowest BCUT2D eigenvalue weighted by molar-refractivity contribution is -0.120. The summed E-state index contributed by atoms with van der Waals surface area (Å²) in [7, 11) is 3.07. The summed E-state index contributed by atoms with van der Waals surface area (Å²) >= 11 is 1.14. The van der Waals surface area contributed by atoms with Crippen molar-refractivity contribution in [1.29, 1.82) is 0 Å². The highest BCUT2D eigenvalue weighted by Gasteiger charge is 2.14. The van der Waals surface area contributed by atoms with Crippen molar-refractivity contribution in [3.63, 3.8) is 0 Å². The number of carbonyl (C=O) groups is 2. The molecule has 122 valence electrons. The summed E-state index contributed by atoms with van der Waals surface area (Å²) in [5.41, 5.74) is 0.674. The van der Waals surface area contributed by atoms with Gasteiger partial charge >= 0.3 is 5.97 Å². The van der Waals surface area contributed by atoms with Crippen LogP contribution in [0.1, 0.15) is 20.1 Å². The van der Waals surface area contributed by atoms with Crippen LogP contribution in [0.2, 0.25) is 0 Å². The van der Waals surface area contributed by atoms with Crippen molar-refractivity contribution in [3.05, 3.63) is 45.6 Å². The fraction of sp³-hybridized carbons (Fsp3) is 0.250. The van der Waals surface area contributed by atoms with E-state index in [1.807, 2.05) is 0 Å². The largest absolute Gasteiger partial charge is 0.496 e. The average molecular weight is 335 g/mol. The van der Waals surface area contributed by atoms with Gasteiger partial charge in [-0.2, -0.15) is 0 Å². The quantitative estimate of drug-likeness (QED) is 0.811. The van der Waals surface area contributed by atoms with Crippen LogP contribution >= 0.6 is 11.3 Å². The van der Waals surface area contributed by atoms with E-state index in [2.05, 4.69) is 5.32 Å². The van der Waals surface area contributed by atoms with E-state index in [1.54, 1.807) is 24.3 Å². The number of carbonyl (C=O) groups excluding carboxylic acids is 1. The number of hydrogen-bond acceptors (Lipinski definition) is 5. The Morgan fingerprint density at radius 2 is 1.78 bits per heavy atom. The minimum atomic E-state index is -0.966. The molecule has 1 aromatic carbocycles. The molecule has 2 rings (SSSR count). The summed E-state index contributed by atoms with van der Waals surface area (Å²) in [5, 5.41) is 11.7. The Hall–Kier alpha value is -2.54. The molecule has 0 bridgehead atoms. The van der Waals surface area contributed by atoms with E-state index >= 15 is 0 Å². The highest BCUT2D eigenvalue weighted by atomic mass is 32.1. The highest BCUT2D eigenvalue weighted by Crippen LogP contribution is 2.28. The van der Waals surface area contributed by atoms with E-state index in [1.165, 1.54) is 20.3 Å². The fourth-order valence-electron chi connectivity index (χ4n) is 2.10. The van der Waals surface area contributed by atoms with Gasteiger partial charge in [-0.1, -0.05) is 6.07 Å². The Morgan fingerprint density at radius 3 is 2.30 bits per heavy atom. The molecule has 0 spiro atoms. The number of carboxylic acids is 1. The number of aromatic carboxylic acids is 1. The van der Waals surface area contributed by atoms with Gasteiger partial charge in [-0.3, -0.25) is 4.79 Å². The van der Waals surface area contributed by atoms with Crippen LogP contribution in [0, 0.1) is 0 Å². The van der Waals surface area contributed by atoms with Crippen molar-refractivity contribution in [2.75, 3.05) is 14.2 Å². The van der Waals surface area contributed by atoms with Gasteiger partial charge in [-0.05, 0) is 24.3 Å². The van der Waals surface area contributed by atoms with Crippen LogP contribution in [-0.2, 0) is 17.8 Å². The number of benzene rings is 1. The molecule has 0 fully saturated rings. The van der Waals surface area contributed by atoms with Gasteiger partial charge in [-0.15, -0.1) is 11.3 Å². The summed E-state index contributed by atoms with van der Waals surface area (Å²) in [5.74, 6) is 0.0111. The second-order valence-electron chi connectivity index (χ2n) is 4.67. The fourth-order valence-corrected chi connectivity index (χ4v) is 2.89. The monoisotopic (exact) mass is 335 g/mol. The summed E-state index contributed by atoms with van der Waals surface area (Å²) in [6, 6.07) is 8.54. The molecule has 0 saturated heterocycles. The zero-order chi connectivity index (χ0) is 16.8. The smallest absolute Gasteiger partial charge is 0.345 e. The lowest BCUT2D eigenvalue weighted by Gasteiger charge is -2.12. The lowest BCUT2D eigenvalue weighted by atomic mass is 10.1. The van der Waals surface area contributed by atoms with E-state index in [0.717, 1.165) is 16.2 Å². The number of nitrogens with one attached hydrogen (secondary N) is 1. The minimum Gasteiger partial charge on any atom is -0.496 e. The van der Waals surface area contributed by atoms with Gasteiger partial charge in [0.05, 0.1) is 27.2 Å². The molecular formula is C16H17NO5S. The van der Waals surface area contributed by atoms with Crippen LogP contribution in [0.3, 0.4) is 0 Å². The molecule has 1 amide bonds. The van der Waals surface area contributed by atoms with Crippen LogP contribution in [0.15, 0.2) is 30.3 Å². The second kappa shape index (κ2) is 7.64. The van der Waals surface area contributed by atoms with Crippen LogP contribution < -0.4 is 14.8 Å². The highest BCUT2D eigenvalue weighted by molar-refractivity contribution is 7.13. The maximum atomic E-state index is 12.1. The second-order valence-corrected chi connectivity index (χ2v) is 5.83. The van der Waals surface area contributed by atoms with Gasteiger partial charge in [-0.25, -0.2) is 4.79 Å². The first kappa shape index (κ1) is 16.8. The summed E-state index contributed by atoms with van der Waals surface area (Å²) in [4.78, 5) is 24.0. The number of carboxylic acid groups (broad SMARTS) is 1. The third-order valence-corrected chi connectivity index (χ3v) is 4.27. The Labute approximate surface area is 137 Å². The molecule has 23 heavy (non-hydrogen) atoms. The van der Waals surface area contributed by atoms with E-state index in [9.17, 15) is 9.59 Å². The van der Waals surface area contributed by atoms with Crippen molar-refractivity contribution >= 4 is 23.2 Å². The first-order valence-electron chi connectivity index (χ1n) is 6.83. The van der Waals surface area contributed by atoms with Gasteiger partial charge in [0, 0.05) is 10.4 Å². The van der Waals surface area contributed by atoms with E-state index in [-0.39, 0.29) is 23.7 Å². The number of hydrogen-bond donors (Lipinski definition) is 2. The van der Waals surface area contributed by atoms with Crippen LogP contribution in [-0.4, -0.2) is 31.2 Å². The molecule has 6 nitrogen and oxygen atoms in total. The topological polar surface area (TPSA) is 84.9 Å². The zero-order valence-corrected chi connectivity index (χ0v) is 13.6. The van der Waals surface area contributed by atoms with E-state index < -0.39 is 5.97 Å². The normalized spacial score (nSPS) is 10.2. The first-order chi connectivity index (χ1) is 11.0. The minimum absolute atomic E-state index is 0.115. The molecule has 0 aliphatic carbocycles. The molecule has 0 radical (unpaired) electrons. The van der Waals surface area contributed by atoms with Crippen molar-refractivity contribution in [2.45, 2.75) is 13.0 Å². The Morgan fingerprint density at radius 1 is 1.13 bits per heavy atom. The predicted octanol–water partition coefficient (Wildman–Crippen LogP) is 2.32. The predicted molar refractivity (Wildman–Crippen MR) is 86.4 cm³/mol. The number of rotatable bonds is 7. The van der Waals surface area contributed by atoms with Gasteiger partial charge in [0.2, 0.25) is 5.91 Å². The number of amides is 1. The third-order valence-electron chi connectivity index (χ3n) is 3.20. The van der Waals surface area contributed by atoms with Crippen molar-refractivity contribution in [2.24, 2.45) is 0 Å². The maximum absolute atomic E-state index is 12.1. The van der Waals surface area contributed by atoms with Crippen LogP contribution in [0.25, 0.3) is 0 Å². The van der Waals surface area contributed by atoms with Gasteiger partial charge < -0.3 is 19.9 Å². The molecule has 1 heterocycles. The molecule has 0 aliphatic rings. The molecule has 0 unspecified atom stereocenters. The lowest BCUT2D eigenvalue weighted by Crippen LogP contribution is -2.24. The molecule has 0 aliphatic heterocycles. The van der Waals surface area contributed by atoms with E-state index in [4.69, 9.17) is 14.6 Å². The summed E-state index contributed by atoms with van der Waals surface area (Å²) in [6.07, 6.45) is 0.115. The van der Waals surface area contributed by atoms with Crippen molar-refractivity contribution in [1.82, 2.24) is 5.32 Å². The summed E-state index contributed by atoms with van der Waals surface area (Å²) < 4.78 is 10.5. The Balaban J connectivity index is 2.01. The molecular weight excluding hydrogens is 318 g/mol. The average Bonchev–Trinajstić information content (AvgIpc) is 3.02. The number of thiophene rings is 1. The molecule has 1 aromatic heterocycles. The molecule has 0 saturated carbocycles. The Kier molecular flexibility index (Phi) is 5.59. The zero-order valence-electron chi connectivity index (χ0n) is 12.8. The van der Waals surface area contributed by atoms with Crippen LogP contribution in [0.4, 0.5) is 0 Å². The molecule has 2 N–H and O–H groups in total. The van der Waals surface area contributed by atoms with Crippen molar-refractivity contribution < 1.29 is 24.2 Å². The van der Waals surface area contributed by atoms with Gasteiger partial charge in [0.25, 0.3) is 0 Å². The number of methoxy groups -OCH3 is 2. The van der Waals surface area contributed by atoms with Gasteiger partial charge in [0.1, 0.15) is 16.4 Å². The van der Waals surface area contributed by atoms with Crippen molar-refractivity contribution in [3.8, 4) is 11.5 Å². The molecule has 7 heteroatoms. The van der Waals surface area contributed by atoms with E-state index in [0.29, 0.717) is 17.1 Å². The third kappa shape index (κ3) is 4.23. The molecule has 2 aromatic rings. The summed E-state index contributed by atoms with van der Waals surface area (Å²) in [6.45, 7) is 0.286. The number of ether oxygens (including phenoxy) is 2. The molecule has 0 atom stereocenters. The SMILES string of the molecule is COc1cccc(OC)c1CC(=O)NCc1ccc(C(=O)O)s1. The Bertz CT molecular complexity index is 688. The van der Waals surface area contributed by atoms with Gasteiger partial charge in [0.15, 0.2) is 0 Å². The first-order valence-corrected chi connectivity index (χ1v) is 7.65. The van der Waals surface area contributed by atoms with Crippen LogP contribution in [0.5, 0.6) is 11.5 Å².